The number of pyridine rings is 1. The molecule has 1 N–H and O–H groups in total. The van der Waals surface area contributed by atoms with Crippen molar-refractivity contribution in [1.29, 1.82) is 0 Å². The summed E-state index contributed by atoms with van der Waals surface area (Å²) < 4.78 is 2.59. The number of rotatable bonds is 4. The first kappa shape index (κ1) is 21.6. The zero-order chi connectivity index (χ0) is 23.1. The predicted octanol–water partition coefficient (Wildman–Crippen LogP) is 3.52. The molecule has 0 spiro atoms. The molecular formula is C25H26BrN7O. The molecule has 1 aliphatic heterocycles. The molecule has 0 radical (unpaired) electrons. The summed E-state index contributed by atoms with van der Waals surface area (Å²) in [6, 6.07) is 10.1. The third-order valence-corrected chi connectivity index (χ3v) is 7.64. The van der Waals surface area contributed by atoms with Gasteiger partial charge in [0.05, 0.1) is 16.6 Å². The number of benzene rings is 1. The molecule has 0 unspecified atom stereocenters. The Hall–Kier alpha value is -2.91. The zero-order valence-corrected chi connectivity index (χ0v) is 20.4. The van der Waals surface area contributed by atoms with Gasteiger partial charge in [-0.3, -0.25) is 9.78 Å². The molecule has 34 heavy (non-hydrogen) atoms. The van der Waals surface area contributed by atoms with Crippen LogP contribution in [0.2, 0.25) is 0 Å². The van der Waals surface area contributed by atoms with Crippen molar-refractivity contribution in [3.05, 3.63) is 53.2 Å². The number of hydrogen-bond acceptors (Lipinski definition) is 6. The van der Waals surface area contributed by atoms with Crippen molar-refractivity contribution >= 4 is 43.8 Å². The molecule has 2 fully saturated rings. The number of carbonyl (C=O) groups excluding carboxylic acids is 1. The average molecular weight is 520 g/mol. The topological polar surface area (TPSA) is 88.8 Å². The summed E-state index contributed by atoms with van der Waals surface area (Å²) in [6.45, 7) is 3.44. The van der Waals surface area contributed by atoms with E-state index in [1.807, 2.05) is 40.0 Å². The lowest BCUT2D eigenvalue weighted by Gasteiger charge is -2.29. The van der Waals surface area contributed by atoms with Crippen LogP contribution in [-0.4, -0.2) is 61.7 Å². The third-order valence-electron chi connectivity index (χ3n) is 7.05. The van der Waals surface area contributed by atoms with Crippen LogP contribution in [0.3, 0.4) is 0 Å². The number of nitrogens with zero attached hydrogens (tertiary/aromatic N) is 6. The van der Waals surface area contributed by atoms with Gasteiger partial charge < -0.3 is 10.2 Å². The fourth-order valence-corrected chi connectivity index (χ4v) is 5.70. The summed E-state index contributed by atoms with van der Waals surface area (Å²) in [7, 11) is 0. The van der Waals surface area contributed by atoms with Gasteiger partial charge in [0.25, 0.3) is 0 Å². The number of piperazine rings is 1. The fourth-order valence-electron chi connectivity index (χ4n) is 5.26. The van der Waals surface area contributed by atoms with E-state index in [1.54, 1.807) is 6.20 Å². The summed E-state index contributed by atoms with van der Waals surface area (Å²) in [5.74, 6) is 1.70. The molecule has 1 saturated heterocycles. The molecule has 0 bridgehead atoms. The molecule has 8 nitrogen and oxygen atoms in total. The van der Waals surface area contributed by atoms with Crippen molar-refractivity contribution in [3.63, 3.8) is 0 Å². The first-order valence-corrected chi connectivity index (χ1v) is 12.7. The Morgan fingerprint density at radius 1 is 1.15 bits per heavy atom. The standard InChI is InChI=1S/C25H26BrN7O/c26-23-20-15-29-22(13-16-3-4-18(12-16)25(34)32-10-8-27-9-11-32)30-24(20)33(31-23)19-5-6-21-17(14-19)2-1-7-28-21/h1-2,5-7,14-16,18,27H,3-4,8-13H2/t16-,18-/m1/s1. The molecule has 2 atom stereocenters. The highest BCUT2D eigenvalue weighted by Crippen LogP contribution is 2.34. The Labute approximate surface area is 205 Å². The minimum absolute atomic E-state index is 0.137. The van der Waals surface area contributed by atoms with E-state index in [2.05, 4.69) is 42.4 Å². The number of carbonyl (C=O) groups is 1. The molecule has 1 aliphatic carbocycles. The Bertz CT molecular complexity index is 1360. The summed E-state index contributed by atoms with van der Waals surface area (Å²) in [5.41, 5.74) is 2.66. The van der Waals surface area contributed by atoms with Crippen LogP contribution in [0.25, 0.3) is 27.6 Å². The van der Waals surface area contributed by atoms with Crippen molar-refractivity contribution in [2.75, 3.05) is 26.2 Å². The number of nitrogens with one attached hydrogen (secondary N) is 1. The van der Waals surface area contributed by atoms with Gasteiger partial charge in [0.15, 0.2) is 5.65 Å². The molecule has 6 rings (SSSR count). The maximum absolute atomic E-state index is 12.9. The summed E-state index contributed by atoms with van der Waals surface area (Å²) in [6.07, 6.45) is 7.36. The molecular weight excluding hydrogens is 494 g/mol. The molecule has 4 heterocycles. The van der Waals surface area contributed by atoms with E-state index in [0.717, 1.165) is 89.9 Å². The predicted molar refractivity (Wildman–Crippen MR) is 134 cm³/mol. The van der Waals surface area contributed by atoms with Gasteiger partial charge in [0, 0.05) is 56.3 Å². The van der Waals surface area contributed by atoms with Crippen LogP contribution in [0.4, 0.5) is 0 Å². The first-order valence-electron chi connectivity index (χ1n) is 11.9. The van der Waals surface area contributed by atoms with Crippen molar-refractivity contribution in [1.82, 2.24) is 34.9 Å². The summed E-state index contributed by atoms with van der Waals surface area (Å²) in [4.78, 5) is 28.9. The second kappa shape index (κ2) is 9.03. The number of aromatic nitrogens is 5. The van der Waals surface area contributed by atoms with Crippen LogP contribution in [0, 0.1) is 11.8 Å². The second-order valence-electron chi connectivity index (χ2n) is 9.26. The lowest BCUT2D eigenvalue weighted by molar-refractivity contribution is -0.136. The van der Waals surface area contributed by atoms with Crippen LogP contribution in [0.5, 0.6) is 0 Å². The summed E-state index contributed by atoms with van der Waals surface area (Å²) in [5, 5.41) is 9.94. The molecule has 3 aromatic heterocycles. The SMILES string of the molecule is O=C([C@@H]1CC[C@@H](Cc2ncc3c(Br)nn(-c4ccc5ncccc5c4)c3n2)C1)N1CCNCC1. The average Bonchev–Trinajstić information content (AvgIpc) is 3.48. The van der Waals surface area contributed by atoms with Gasteiger partial charge in [-0.05, 0) is 65.4 Å². The highest BCUT2D eigenvalue weighted by Gasteiger charge is 2.33. The van der Waals surface area contributed by atoms with Crippen LogP contribution in [-0.2, 0) is 11.2 Å². The summed E-state index contributed by atoms with van der Waals surface area (Å²) >= 11 is 3.57. The minimum Gasteiger partial charge on any atom is -0.340 e. The molecule has 4 aromatic rings. The maximum Gasteiger partial charge on any atom is 0.225 e. The quantitative estimate of drug-likeness (QED) is 0.443. The number of fused-ring (bicyclic) bond motifs is 2. The van der Waals surface area contributed by atoms with Gasteiger partial charge in [-0.15, -0.1) is 0 Å². The van der Waals surface area contributed by atoms with E-state index in [4.69, 9.17) is 4.98 Å². The van der Waals surface area contributed by atoms with Crippen molar-refractivity contribution in [2.24, 2.45) is 11.8 Å². The number of amides is 1. The number of halogens is 1. The van der Waals surface area contributed by atoms with E-state index in [9.17, 15) is 4.79 Å². The first-order chi connectivity index (χ1) is 16.7. The van der Waals surface area contributed by atoms with Crippen molar-refractivity contribution in [3.8, 4) is 5.69 Å². The van der Waals surface area contributed by atoms with Gasteiger partial charge in [-0.25, -0.2) is 14.6 Å². The Morgan fingerprint density at radius 3 is 2.91 bits per heavy atom. The smallest absolute Gasteiger partial charge is 0.225 e. The van der Waals surface area contributed by atoms with Gasteiger partial charge in [-0.2, -0.15) is 5.10 Å². The second-order valence-corrected chi connectivity index (χ2v) is 10.0. The highest BCUT2D eigenvalue weighted by molar-refractivity contribution is 9.10. The van der Waals surface area contributed by atoms with E-state index in [-0.39, 0.29) is 5.92 Å². The third kappa shape index (κ3) is 4.07. The van der Waals surface area contributed by atoms with Gasteiger partial charge in [0.1, 0.15) is 10.4 Å². The van der Waals surface area contributed by atoms with E-state index >= 15 is 0 Å². The van der Waals surface area contributed by atoms with Crippen molar-refractivity contribution < 1.29 is 4.79 Å². The van der Waals surface area contributed by atoms with Crippen LogP contribution in [0.15, 0.2) is 47.3 Å². The highest BCUT2D eigenvalue weighted by atomic mass is 79.9. The van der Waals surface area contributed by atoms with E-state index in [0.29, 0.717) is 11.8 Å². The largest absolute Gasteiger partial charge is 0.340 e. The van der Waals surface area contributed by atoms with Crippen molar-refractivity contribution in [2.45, 2.75) is 25.7 Å². The van der Waals surface area contributed by atoms with Crippen LogP contribution in [0.1, 0.15) is 25.1 Å². The normalized spacial score (nSPS) is 20.9. The number of hydrogen-bond donors (Lipinski definition) is 1. The Morgan fingerprint density at radius 2 is 2.03 bits per heavy atom. The Balaban J connectivity index is 1.23. The van der Waals surface area contributed by atoms with E-state index in [1.165, 1.54) is 0 Å². The van der Waals surface area contributed by atoms with Gasteiger partial charge in [-0.1, -0.05) is 6.07 Å². The lowest BCUT2D eigenvalue weighted by atomic mass is 10.00. The molecule has 2 aliphatic rings. The van der Waals surface area contributed by atoms with Crippen LogP contribution < -0.4 is 5.32 Å². The zero-order valence-electron chi connectivity index (χ0n) is 18.8. The minimum atomic E-state index is 0.137. The van der Waals surface area contributed by atoms with E-state index < -0.39 is 0 Å². The molecule has 1 aromatic carbocycles. The van der Waals surface area contributed by atoms with Gasteiger partial charge >= 0.3 is 0 Å². The lowest BCUT2D eigenvalue weighted by Crippen LogP contribution is -2.48. The Kier molecular flexibility index (Phi) is 5.74. The fraction of sp³-hybridized carbons (Fsp3) is 0.400. The van der Waals surface area contributed by atoms with Crippen LogP contribution >= 0.6 is 15.9 Å². The monoisotopic (exact) mass is 519 g/mol. The molecule has 1 amide bonds. The molecule has 1 saturated carbocycles. The van der Waals surface area contributed by atoms with Gasteiger partial charge in [0.2, 0.25) is 5.91 Å². The molecule has 9 heteroatoms. The maximum atomic E-state index is 12.9. The molecule has 174 valence electrons.